The van der Waals surface area contributed by atoms with Gasteiger partial charge in [0.25, 0.3) is 0 Å². The molecule has 2 aromatic rings. The van der Waals surface area contributed by atoms with E-state index in [-0.39, 0.29) is 15.1 Å². The van der Waals surface area contributed by atoms with Gasteiger partial charge in [-0.3, -0.25) is 0 Å². The molecule has 7 heteroatoms. The average molecular weight is 378 g/mol. The van der Waals surface area contributed by atoms with Gasteiger partial charge in [0.05, 0.1) is 10.2 Å². The van der Waals surface area contributed by atoms with Gasteiger partial charge in [-0.05, 0) is 40.2 Å². The fourth-order valence-electron chi connectivity index (χ4n) is 1.59. The predicted molar refractivity (Wildman–Crippen MR) is 84.7 cm³/mol. The molecule has 0 saturated heterocycles. The van der Waals surface area contributed by atoms with Crippen molar-refractivity contribution in [3.8, 4) is 0 Å². The zero-order valence-corrected chi connectivity index (χ0v) is 13.0. The second-order valence-corrected chi connectivity index (χ2v) is 5.66. The van der Waals surface area contributed by atoms with Gasteiger partial charge in [-0.15, -0.1) is 0 Å². The van der Waals surface area contributed by atoms with Crippen LogP contribution in [0.1, 0.15) is 5.56 Å². The van der Waals surface area contributed by atoms with Crippen molar-refractivity contribution in [1.82, 2.24) is 0 Å². The van der Waals surface area contributed by atoms with E-state index in [2.05, 4.69) is 21.2 Å². The SMILES string of the molecule is NC(=S)c1cc(Cl)ccc1Nc1cc(Br)c(F)cc1F. The van der Waals surface area contributed by atoms with Crippen molar-refractivity contribution in [1.29, 1.82) is 0 Å². The number of halogens is 4. The van der Waals surface area contributed by atoms with Crippen molar-refractivity contribution >= 4 is 56.1 Å². The second-order valence-electron chi connectivity index (χ2n) is 3.93. The summed E-state index contributed by atoms with van der Waals surface area (Å²) >= 11 is 13.8. The van der Waals surface area contributed by atoms with Gasteiger partial charge in [0.1, 0.15) is 16.6 Å². The minimum Gasteiger partial charge on any atom is -0.389 e. The zero-order chi connectivity index (χ0) is 14.9. The molecule has 0 aromatic heterocycles. The molecule has 2 aromatic carbocycles. The number of thiocarbonyl (C=S) groups is 1. The highest BCUT2D eigenvalue weighted by Crippen LogP contribution is 2.29. The van der Waals surface area contributed by atoms with E-state index in [4.69, 9.17) is 29.6 Å². The molecule has 0 fully saturated rings. The topological polar surface area (TPSA) is 38.0 Å². The number of nitrogens with two attached hydrogens (primary N) is 1. The maximum atomic E-state index is 13.7. The van der Waals surface area contributed by atoms with Gasteiger partial charge < -0.3 is 11.1 Å². The summed E-state index contributed by atoms with van der Waals surface area (Å²) < 4.78 is 27.0. The highest BCUT2D eigenvalue weighted by Gasteiger charge is 2.11. The molecule has 3 N–H and O–H groups in total. The van der Waals surface area contributed by atoms with Crippen LogP contribution in [0.4, 0.5) is 20.2 Å². The zero-order valence-electron chi connectivity index (χ0n) is 9.88. The van der Waals surface area contributed by atoms with E-state index in [9.17, 15) is 8.78 Å². The maximum absolute atomic E-state index is 13.7. The first kappa shape index (κ1) is 15.2. The van der Waals surface area contributed by atoms with E-state index in [1.54, 1.807) is 18.2 Å². The summed E-state index contributed by atoms with van der Waals surface area (Å²) in [5, 5.41) is 3.28. The lowest BCUT2D eigenvalue weighted by atomic mass is 10.1. The molecule has 2 rings (SSSR count). The summed E-state index contributed by atoms with van der Waals surface area (Å²) in [6.07, 6.45) is 0. The van der Waals surface area contributed by atoms with E-state index < -0.39 is 11.6 Å². The smallest absolute Gasteiger partial charge is 0.149 e. The third-order valence-electron chi connectivity index (χ3n) is 2.53. The number of nitrogens with one attached hydrogen (secondary N) is 1. The van der Waals surface area contributed by atoms with Crippen LogP contribution in [-0.4, -0.2) is 4.99 Å². The molecule has 0 saturated carbocycles. The Balaban J connectivity index is 2.45. The van der Waals surface area contributed by atoms with Gasteiger partial charge in [-0.1, -0.05) is 23.8 Å². The molecule has 0 aliphatic carbocycles. The summed E-state index contributed by atoms with van der Waals surface area (Å²) in [5.41, 5.74) is 6.66. The fraction of sp³-hybridized carbons (Fsp3) is 0. The lowest BCUT2D eigenvalue weighted by molar-refractivity contribution is 0.581. The van der Waals surface area contributed by atoms with Crippen LogP contribution in [0, 0.1) is 11.6 Å². The van der Waals surface area contributed by atoms with Crippen molar-refractivity contribution in [3.05, 3.63) is 57.0 Å². The monoisotopic (exact) mass is 376 g/mol. The first-order valence-electron chi connectivity index (χ1n) is 5.39. The van der Waals surface area contributed by atoms with Gasteiger partial charge in [0.15, 0.2) is 0 Å². The Hall–Kier alpha value is -1.24. The minimum atomic E-state index is -0.727. The van der Waals surface area contributed by atoms with E-state index in [0.29, 0.717) is 16.3 Å². The molecular formula is C13H8BrClF2N2S. The molecule has 0 aliphatic heterocycles. The van der Waals surface area contributed by atoms with Gasteiger partial charge in [-0.25, -0.2) is 8.78 Å². The Morgan fingerprint density at radius 2 is 1.85 bits per heavy atom. The molecule has 104 valence electrons. The number of benzene rings is 2. The largest absolute Gasteiger partial charge is 0.389 e. The van der Waals surface area contributed by atoms with Crippen LogP contribution in [0.3, 0.4) is 0 Å². The fourth-order valence-corrected chi connectivity index (χ4v) is 2.28. The van der Waals surface area contributed by atoms with Crippen molar-refractivity contribution < 1.29 is 8.78 Å². The van der Waals surface area contributed by atoms with Gasteiger partial charge in [-0.2, -0.15) is 0 Å². The van der Waals surface area contributed by atoms with Crippen molar-refractivity contribution in [2.45, 2.75) is 0 Å². The summed E-state index contributed by atoms with van der Waals surface area (Å²) in [5.74, 6) is -1.41. The molecule has 2 nitrogen and oxygen atoms in total. The molecule has 0 amide bonds. The normalized spacial score (nSPS) is 10.4. The molecule has 0 unspecified atom stereocenters. The van der Waals surface area contributed by atoms with Crippen LogP contribution < -0.4 is 11.1 Å². The van der Waals surface area contributed by atoms with Crippen LogP contribution >= 0.6 is 39.7 Å². The molecular weight excluding hydrogens is 370 g/mol. The number of hydrogen-bond acceptors (Lipinski definition) is 2. The first-order valence-corrected chi connectivity index (χ1v) is 6.97. The molecule has 20 heavy (non-hydrogen) atoms. The Bertz CT molecular complexity index is 694. The second kappa shape index (κ2) is 6.03. The third kappa shape index (κ3) is 3.26. The molecule has 0 atom stereocenters. The van der Waals surface area contributed by atoms with Gasteiger partial charge in [0.2, 0.25) is 0 Å². The first-order chi connectivity index (χ1) is 9.38. The van der Waals surface area contributed by atoms with Crippen LogP contribution in [0.15, 0.2) is 34.8 Å². The number of rotatable bonds is 3. The van der Waals surface area contributed by atoms with E-state index >= 15 is 0 Å². The lowest BCUT2D eigenvalue weighted by Crippen LogP contribution is -2.12. The quantitative estimate of drug-likeness (QED) is 0.598. The van der Waals surface area contributed by atoms with E-state index in [1.807, 2.05) is 0 Å². The summed E-state index contributed by atoms with van der Waals surface area (Å²) in [6.45, 7) is 0. The van der Waals surface area contributed by atoms with Crippen LogP contribution in [0.5, 0.6) is 0 Å². The summed E-state index contributed by atoms with van der Waals surface area (Å²) in [7, 11) is 0. The summed E-state index contributed by atoms with van der Waals surface area (Å²) in [4.78, 5) is 0.122. The van der Waals surface area contributed by atoms with Crippen molar-refractivity contribution in [3.63, 3.8) is 0 Å². The van der Waals surface area contributed by atoms with Crippen molar-refractivity contribution in [2.75, 3.05) is 5.32 Å². The third-order valence-corrected chi connectivity index (χ3v) is 3.59. The summed E-state index contributed by atoms with van der Waals surface area (Å²) in [6, 6.07) is 6.88. The maximum Gasteiger partial charge on any atom is 0.149 e. The van der Waals surface area contributed by atoms with E-state index in [1.165, 1.54) is 6.07 Å². The van der Waals surface area contributed by atoms with Crippen molar-refractivity contribution in [2.24, 2.45) is 5.73 Å². The van der Waals surface area contributed by atoms with Gasteiger partial charge in [0, 0.05) is 22.3 Å². The Labute approximate surface area is 133 Å². The number of anilines is 2. The molecule has 0 bridgehead atoms. The Kier molecular flexibility index (Phi) is 4.57. The lowest BCUT2D eigenvalue weighted by Gasteiger charge is -2.13. The van der Waals surface area contributed by atoms with Crippen LogP contribution in [0.25, 0.3) is 0 Å². The standard InChI is InChI=1S/C13H8BrClF2N2S/c14-8-4-12(10(17)5-9(8)16)19-11-2-1-6(15)3-7(11)13(18)20/h1-5,19H,(H2,18,20). The Morgan fingerprint density at radius 1 is 1.15 bits per heavy atom. The predicted octanol–water partition coefficient (Wildman–Crippen LogP) is 4.76. The van der Waals surface area contributed by atoms with Crippen LogP contribution in [-0.2, 0) is 0 Å². The van der Waals surface area contributed by atoms with Crippen LogP contribution in [0.2, 0.25) is 5.02 Å². The minimum absolute atomic E-state index is 0.0955. The van der Waals surface area contributed by atoms with E-state index in [0.717, 1.165) is 6.07 Å². The average Bonchev–Trinajstić information content (AvgIpc) is 2.37. The molecule has 0 aliphatic rings. The van der Waals surface area contributed by atoms with Gasteiger partial charge >= 0.3 is 0 Å². The highest BCUT2D eigenvalue weighted by atomic mass is 79.9. The Morgan fingerprint density at radius 3 is 2.50 bits per heavy atom. The highest BCUT2D eigenvalue weighted by molar-refractivity contribution is 9.10. The molecule has 0 radical (unpaired) electrons. The molecule has 0 spiro atoms. The molecule has 0 heterocycles. The number of hydrogen-bond donors (Lipinski definition) is 2.